The van der Waals surface area contributed by atoms with Gasteiger partial charge in [-0.05, 0) is 58.7 Å². The van der Waals surface area contributed by atoms with Crippen molar-refractivity contribution in [2.45, 2.75) is 44.7 Å². The molecule has 0 aromatic rings. The van der Waals surface area contributed by atoms with Crippen molar-refractivity contribution in [1.29, 1.82) is 0 Å². The smallest absolute Gasteiger partial charge is 0.0139 e. The Kier molecular flexibility index (Phi) is 3.81. The zero-order valence-corrected chi connectivity index (χ0v) is 10.1. The van der Waals surface area contributed by atoms with Crippen LogP contribution >= 0.6 is 0 Å². The number of piperidine rings is 1. The molecule has 1 N–H and O–H groups in total. The van der Waals surface area contributed by atoms with Crippen molar-refractivity contribution in [1.82, 2.24) is 10.2 Å². The zero-order valence-electron chi connectivity index (χ0n) is 10.1. The predicted molar refractivity (Wildman–Crippen MR) is 65.0 cm³/mol. The van der Waals surface area contributed by atoms with E-state index >= 15 is 0 Å². The van der Waals surface area contributed by atoms with E-state index in [9.17, 15) is 0 Å². The van der Waals surface area contributed by atoms with Gasteiger partial charge in [-0.25, -0.2) is 0 Å². The first-order chi connectivity index (χ1) is 7.25. The molecule has 1 fully saturated rings. The van der Waals surface area contributed by atoms with Crippen LogP contribution < -0.4 is 5.32 Å². The Bertz CT molecular complexity index is 209. The van der Waals surface area contributed by atoms with Crippen LogP contribution in [0.2, 0.25) is 0 Å². The highest BCUT2D eigenvalue weighted by Gasteiger charge is 2.24. The molecular weight excluding hydrogens is 184 g/mol. The molecule has 0 radical (unpaired) electrons. The Balaban J connectivity index is 1.73. The van der Waals surface area contributed by atoms with Crippen molar-refractivity contribution in [2.24, 2.45) is 5.92 Å². The van der Waals surface area contributed by atoms with Gasteiger partial charge in [-0.1, -0.05) is 12.2 Å². The lowest BCUT2D eigenvalue weighted by Crippen LogP contribution is -2.44. The van der Waals surface area contributed by atoms with Crippen LogP contribution in [0.25, 0.3) is 0 Å². The number of hydrogen-bond donors (Lipinski definition) is 1. The summed E-state index contributed by atoms with van der Waals surface area (Å²) in [5.74, 6) is 0.891. The highest BCUT2D eigenvalue weighted by atomic mass is 15.1. The highest BCUT2D eigenvalue weighted by molar-refractivity contribution is 4.98. The minimum atomic E-state index is 0.698. The van der Waals surface area contributed by atoms with Gasteiger partial charge in [0.05, 0.1) is 0 Å². The van der Waals surface area contributed by atoms with Gasteiger partial charge in [-0.3, -0.25) is 0 Å². The van der Waals surface area contributed by atoms with E-state index < -0.39 is 0 Å². The Morgan fingerprint density at radius 3 is 2.40 bits per heavy atom. The molecule has 2 rings (SSSR count). The first kappa shape index (κ1) is 11.2. The molecule has 15 heavy (non-hydrogen) atoms. The van der Waals surface area contributed by atoms with Crippen molar-refractivity contribution in [2.75, 3.05) is 20.1 Å². The van der Waals surface area contributed by atoms with E-state index in [0.717, 1.165) is 12.0 Å². The van der Waals surface area contributed by atoms with Gasteiger partial charge in [-0.15, -0.1) is 0 Å². The average Bonchev–Trinajstić information content (AvgIpc) is 2.71. The number of likely N-dealkylation sites (tertiary alicyclic amines) is 1. The molecule has 1 saturated heterocycles. The molecule has 0 spiro atoms. The third-order valence-corrected chi connectivity index (χ3v) is 3.98. The maximum atomic E-state index is 3.78. The number of rotatable bonds is 3. The van der Waals surface area contributed by atoms with Crippen molar-refractivity contribution >= 4 is 0 Å². The second kappa shape index (κ2) is 5.13. The summed E-state index contributed by atoms with van der Waals surface area (Å²) in [6.07, 6.45) is 9.81. The fourth-order valence-electron chi connectivity index (χ4n) is 2.79. The summed E-state index contributed by atoms with van der Waals surface area (Å²) in [5, 5.41) is 3.78. The topological polar surface area (TPSA) is 15.3 Å². The van der Waals surface area contributed by atoms with Gasteiger partial charge in [0, 0.05) is 12.1 Å². The molecule has 1 unspecified atom stereocenters. The molecular formula is C13H24N2. The summed E-state index contributed by atoms with van der Waals surface area (Å²) in [7, 11) is 2.23. The van der Waals surface area contributed by atoms with Crippen LogP contribution in [0, 0.1) is 5.92 Å². The molecule has 0 aromatic heterocycles. The van der Waals surface area contributed by atoms with E-state index in [1.807, 2.05) is 0 Å². The number of nitrogens with one attached hydrogen (secondary N) is 1. The van der Waals surface area contributed by atoms with E-state index in [0.29, 0.717) is 6.04 Å². The zero-order chi connectivity index (χ0) is 10.7. The SMILES string of the molecule is CC(NC1CC=CC1)C1CCN(C)CC1. The van der Waals surface area contributed by atoms with Gasteiger partial charge < -0.3 is 10.2 Å². The summed E-state index contributed by atoms with van der Waals surface area (Å²) < 4.78 is 0. The van der Waals surface area contributed by atoms with Crippen LogP contribution in [0.1, 0.15) is 32.6 Å². The fourth-order valence-corrected chi connectivity index (χ4v) is 2.79. The summed E-state index contributed by atoms with van der Waals surface area (Å²) in [6, 6.07) is 1.42. The molecule has 2 heteroatoms. The van der Waals surface area contributed by atoms with Gasteiger partial charge >= 0.3 is 0 Å². The van der Waals surface area contributed by atoms with E-state index in [1.54, 1.807) is 0 Å². The fraction of sp³-hybridized carbons (Fsp3) is 0.846. The summed E-state index contributed by atoms with van der Waals surface area (Å²) in [4.78, 5) is 2.44. The van der Waals surface area contributed by atoms with Crippen molar-refractivity contribution in [3.63, 3.8) is 0 Å². The summed E-state index contributed by atoms with van der Waals surface area (Å²) in [6.45, 7) is 4.92. The van der Waals surface area contributed by atoms with E-state index in [4.69, 9.17) is 0 Å². The van der Waals surface area contributed by atoms with Gasteiger partial charge in [0.15, 0.2) is 0 Å². The lowest BCUT2D eigenvalue weighted by atomic mass is 9.90. The van der Waals surface area contributed by atoms with Crippen LogP contribution in [0.4, 0.5) is 0 Å². The minimum Gasteiger partial charge on any atom is -0.311 e. The second-order valence-corrected chi connectivity index (χ2v) is 5.24. The maximum Gasteiger partial charge on any atom is 0.0139 e. The predicted octanol–water partition coefficient (Wildman–Crippen LogP) is 2.02. The second-order valence-electron chi connectivity index (χ2n) is 5.24. The molecule has 1 aliphatic heterocycles. The average molecular weight is 208 g/mol. The Morgan fingerprint density at radius 2 is 1.80 bits per heavy atom. The molecule has 1 heterocycles. The minimum absolute atomic E-state index is 0.698. The molecule has 2 nitrogen and oxygen atoms in total. The van der Waals surface area contributed by atoms with Crippen molar-refractivity contribution in [3.05, 3.63) is 12.2 Å². The molecule has 0 aromatic carbocycles. The van der Waals surface area contributed by atoms with Crippen LogP contribution in [-0.2, 0) is 0 Å². The normalized spacial score (nSPS) is 27.3. The van der Waals surface area contributed by atoms with Crippen LogP contribution in [0.3, 0.4) is 0 Å². The van der Waals surface area contributed by atoms with E-state index in [-0.39, 0.29) is 0 Å². The summed E-state index contributed by atoms with van der Waals surface area (Å²) >= 11 is 0. The van der Waals surface area contributed by atoms with E-state index in [1.165, 1.54) is 38.8 Å². The third-order valence-electron chi connectivity index (χ3n) is 3.98. The van der Waals surface area contributed by atoms with Crippen LogP contribution in [0.5, 0.6) is 0 Å². The first-order valence-electron chi connectivity index (χ1n) is 6.35. The van der Waals surface area contributed by atoms with Crippen LogP contribution in [-0.4, -0.2) is 37.1 Å². The Labute approximate surface area is 93.7 Å². The quantitative estimate of drug-likeness (QED) is 0.714. The Morgan fingerprint density at radius 1 is 1.20 bits per heavy atom. The lowest BCUT2D eigenvalue weighted by molar-refractivity contribution is 0.184. The monoisotopic (exact) mass is 208 g/mol. The van der Waals surface area contributed by atoms with E-state index in [2.05, 4.69) is 36.3 Å². The third kappa shape index (κ3) is 3.05. The van der Waals surface area contributed by atoms with Crippen molar-refractivity contribution < 1.29 is 0 Å². The Hall–Kier alpha value is -0.340. The molecule has 1 aliphatic carbocycles. The van der Waals surface area contributed by atoms with Crippen molar-refractivity contribution in [3.8, 4) is 0 Å². The standard InChI is InChI=1S/C13H24N2/c1-11(14-13-5-3-4-6-13)12-7-9-15(2)10-8-12/h3-4,11-14H,5-10H2,1-2H3. The largest absolute Gasteiger partial charge is 0.311 e. The van der Waals surface area contributed by atoms with Gasteiger partial charge in [0.25, 0.3) is 0 Å². The first-order valence-corrected chi connectivity index (χ1v) is 6.35. The van der Waals surface area contributed by atoms with Gasteiger partial charge in [0.2, 0.25) is 0 Å². The molecule has 0 bridgehead atoms. The van der Waals surface area contributed by atoms with Gasteiger partial charge in [0.1, 0.15) is 0 Å². The lowest BCUT2D eigenvalue weighted by Gasteiger charge is -2.34. The number of hydrogen-bond acceptors (Lipinski definition) is 2. The molecule has 1 atom stereocenters. The molecule has 0 saturated carbocycles. The van der Waals surface area contributed by atoms with Crippen LogP contribution in [0.15, 0.2) is 12.2 Å². The highest BCUT2D eigenvalue weighted by Crippen LogP contribution is 2.21. The maximum absolute atomic E-state index is 3.78. The summed E-state index contributed by atoms with van der Waals surface area (Å²) in [5.41, 5.74) is 0. The van der Waals surface area contributed by atoms with Gasteiger partial charge in [-0.2, -0.15) is 0 Å². The molecule has 2 aliphatic rings. The molecule has 86 valence electrons. The molecule has 0 amide bonds. The number of nitrogens with zero attached hydrogens (tertiary/aromatic N) is 1.